The molecule has 1 fully saturated rings. The summed E-state index contributed by atoms with van der Waals surface area (Å²) < 4.78 is 10.2. The zero-order valence-electron chi connectivity index (χ0n) is 20.4. The first-order valence-electron chi connectivity index (χ1n) is 11.5. The molecule has 1 aliphatic rings. The van der Waals surface area contributed by atoms with E-state index in [1.165, 1.54) is 49.6 Å². The molecule has 1 saturated carbocycles. The van der Waals surface area contributed by atoms with Gasteiger partial charge < -0.3 is 40.1 Å². The first-order chi connectivity index (χ1) is 17.9. The Bertz CT molecular complexity index is 1270. The van der Waals surface area contributed by atoms with Crippen molar-refractivity contribution in [1.29, 1.82) is 0 Å². The normalized spacial score (nSPS) is 23.4. The van der Waals surface area contributed by atoms with Crippen molar-refractivity contribution in [1.82, 2.24) is 0 Å². The molecule has 0 saturated heterocycles. The molecular formula is C27H28O11. The maximum absolute atomic E-state index is 12.5. The summed E-state index contributed by atoms with van der Waals surface area (Å²) in [6, 6.07) is 8.31. The molecule has 0 spiro atoms. The Balaban J connectivity index is 1.70. The number of hydrogen-bond donors (Lipinski definition) is 6. The molecule has 38 heavy (non-hydrogen) atoms. The van der Waals surface area contributed by atoms with Gasteiger partial charge in [-0.2, -0.15) is 0 Å². The molecule has 1 aliphatic carbocycles. The minimum Gasteiger partial charge on any atom is -0.504 e. The zero-order chi connectivity index (χ0) is 28.0. The second-order valence-corrected chi connectivity index (χ2v) is 8.99. The summed E-state index contributed by atoms with van der Waals surface area (Å²) in [4.78, 5) is 36.7. The fraction of sp³-hybridized carbons (Fsp3) is 0.296. The number of aromatic hydroxyl groups is 3. The molecule has 4 atom stereocenters. The van der Waals surface area contributed by atoms with Crippen molar-refractivity contribution in [3.05, 3.63) is 59.7 Å². The fourth-order valence-electron chi connectivity index (χ4n) is 4.20. The number of ether oxygens (including phenoxy) is 2. The minimum absolute atomic E-state index is 0.152. The maximum atomic E-state index is 12.5. The molecule has 6 N–H and O–H groups in total. The highest BCUT2D eigenvalue weighted by atomic mass is 16.6. The molecule has 0 aromatic heterocycles. The summed E-state index contributed by atoms with van der Waals surface area (Å²) in [6.45, 7) is 0. The molecule has 0 radical (unpaired) electrons. The Morgan fingerprint density at radius 1 is 0.947 bits per heavy atom. The molecule has 0 amide bonds. The summed E-state index contributed by atoms with van der Waals surface area (Å²) in [5.41, 5.74) is -1.50. The second kappa shape index (κ2) is 11.8. The van der Waals surface area contributed by atoms with Crippen LogP contribution in [-0.2, 0) is 19.1 Å². The topological polar surface area (TPSA) is 191 Å². The highest BCUT2D eigenvalue weighted by Gasteiger charge is 2.50. The third-order valence-corrected chi connectivity index (χ3v) is 6.21. The number of phenols is 3. The van der Waals surface area contributed by atoms with Crippen molar-refractivity contribution in [2.45, 2.75) is 37.1 Å². The maximum Gasteiger partial charge on any atom is 0.335 e. The predicted molar refractivity (Wildman–Crippen MR) is 133 cm³/mol. The van der Waals surface area contributed by atoms with E-state index in [4.69, 9.17) is 9.47 Å². The van der Waals surface area contributed by atoms with E-state index < -0.39 is 54.3 Å². The summed E-state index contributed by atoms with van der Waals surface area (Å²) in [6.07, 6.45) is 0.616. The van der Waals surface area contributed by atoms with Crippen molar-refractivity contribution in [3.63, 3.8) is 0 Å². The van der Waals surface area contributed by atoms with Gasteiger partial charge in [-0.3, -0.25) is 4.79 Å². The monoisotopic (exact) mass is 528 g/mol. The molecular weight excluding hydrogens is 500 g/mol. The van der Waals surface area contributed by atoms with Gasteiger partial charge in [0.2, 0.25) is 0 Å². The van der Waals surface area contributed by atoms with Gasteiger partial charge in [0.15, 0.2) is 34.4 Å². The van der Waals surface area contributed by atoms with E-state index in [2.05, 4.69) is 0 Å². The van der Waals surface area contributed by atoms with Crippen molar-refractivity contribution in [2.24, 2.45) is 5.92 Å². The van der Waals surface area contributed by atoms with Crippen LogP contribution in [0.5, 0.6) is 23.0 Å². The van der Waals surface area contributed by atoms with Gasteiger partial charge >= 0.3 is 11.9 Å². The summed E-state index contributed by atoms with van der Waals surface area (Å²) in [7, 11) is 1.38. The lowest BCUT2D eigenvalue weighted by molar-refractivity contribution is -0.188. The number of carboxylic acid groups (broad SMARTS) is 1. The Morgan fingerprint density at radius 2 is 1.58 bits per heavy atom. The summed E-state index contributed by atoms with van der Waals surface area (Å²) in [5.74, 6) is -4.70. The van der Waals surface area contributed by atoms with Crippen LogP contribution < -0.4 is 4.74 Å². The summed E-state index contributed by atoms with van der Waals surface area (Å²) in [5, 5.41) is 59.8. The zero-order valence-corrected chi connectivity index (χ0v) is 20.4. The average molecular weight is 529 g/mol. The highest BCUT2D eigenvalue weighted by molar-refractivity contribution is 5.94. The lowest BCUT2D eigenvalue weighted by Crippen LogP contribution is -2.55. The standard InChI is InChI=1S/C27H28O11/c1-37-22-8-4-16(11-21(22)31)5-9-24(32)38-23-14-27(36,26(34)35)13-17(25(23)33)12-18(28)6-2-15-3-7-19(29)20(30)10-15/h2-11,17,23,25,29-31,33,36H,12-14H2,1H3,(H,34,35)/b6-2+,9-5+/t17-,23-,25+,27-/m1/s1. The van der Waals surface area contributed by atoms with E-state index in [1.807, 2.05) is 0 Å². The summed E-state index contributed by atoms with van der Waals surface area (Å²) >= 11 is 0. The lowest BCUT2D eigenvalue weighted by Gasteiger charge is -2.41. The van der Waals surface area contributed by atoms with Gasteiger partial charge in [-0.1, -0.05) is 18.2 Å². The SMILES string of the molecule is COc1ccc(/C=C/C(=O)O[C@@H]2C[C@@](O)(C(=O)O)C[C@@H](CC(=O)/C=C/c3ccc(O)c(O)c3)[C@@H]2O)cc1O. The first-order valence-corrected chi connectivity index (χ1v) is 11.5. The van der Waals surface area contributed by atoms with Crippen LogP contribution in [0.3, 0.4) is 0 Å². The Kier molecular flexibility index (Phi) is 8.76. The molecule has 0 bridgehead atoms. The highest BCUT2D eigenvalue weighted by Crippen LogP contribution is 2.37. The third kappa shape index (κ3) is 6.90. The van der Waals surface area contributed by atoms with Crippen molar-refractivity contribution < 1.29 is 54.5 Å². The third-order valence-electron chi connectivity index (χ3n) is 6.21. The van der Waals surface area contributed by atoms with Crippen molar-refractivity contribution in [2.75, 3.05) is 7.11 Å². The minimum atomic E-state index is -2.34. The molecule has 2 aromatic rings. The number of allylic oxidation sites excluding steroid dienone is 1. The van der Waals surface area contributed by atoms with Gasteiger partial charge in [0.05, 0.1) is 13.2 Å². The molecule has 11 nitrogen and oxygen atoms in total. The van der Waals surface area contributed by atoms with Crippen LogP contribution in [0.25, 0.3) is 12.2 Å². The number of carbonyl (C=O) groups excluding carboxylic acids is 2. The quantitative estimate of drug-likeness (QED) is 0.158. The van der Waals surface area contributed by atoms with Gasteiger partial charge in [-0.25, -0.2) is 9.59 Å². The van der Waals surface area contributed by atoms with Crippen LogP contribution in [0.1, 0.15) is 30.4 Å². The molecule has 11 heteroatoms. The van der Waals surface area contributed by atoms with E-state index in [-0.39, 0.29) is 29.4 Å². The van der Waals surface area contributed by atoms with Crippen LogP contribution in [0.2, 0.25) is 0 Å². The number of phenolic OH excluding ortho intramolecular Hbond substituents is 3. The van der Waals surface area contributed by atoms with Gasteiger partial charge in [0.1, 0.15) is 6.10 Å². The van der Waals surface area contributed by atoms with E-state index in [1.54, 1.807) is 6.07 Å². The number of carboxylic acids is 1. The second-order valence-electron chi connectivity index (χ2n) is 8.99. The van der Waals surface area contributed by atoms with E-state index in [0.29, 0.717) is 11.1 Å². The van der Waals surface area contributed by atoms with Crippen molar-refractivity contribution >= 4 is 29.9 Å². The molecule has 202 valence electrons. The van der Waals surface area contributed by atoms with Gasteiger partial charge in [0, 0.05) is 18.9 Å². The fourth-order valence-corrected chi connectivity index (χ4v) is 4.20. The number of rotatable bonds is 9. The predicted octanol–water partition coefficient (Wildman–Crippen LogP) is 2.00. The molecule has 2 aromatic carbocycles. The van der Waals surface area contributed by atoms with Crippen molar-refractivity contribution in [3.8, 4) is 23.0 Å². The van der Waals surface area contributed by atoms with E-state index in [9.17, 15) is 45.0 Å². The Hall–Kier alpha value is -4.35. The Labute approximate surface area is 217 Å². The number of benzene rings is 2. The average Bonchev–Trinajstić information content (AvgIpc) is 2.86. The molecule has 3 rings (SSSR count). The van der Waals surface area contributed by atoms with Crippen LogP contribution >= 0.6 is 0 Å². The molecule has 0 heterocycles. The lowest BCUT2D eigenvalue weighted by atomic mass is 9.73. The van der Waals surface area contributed by atoms with Gasteiger partial charge in [-0.05, 0) is 59.9 Å². The van der Waals surface area contributed by atoms with Gasteiger partial charge in [0.25, 0.3) is 0 Å². The van der Waals surface area contributed by atoms with Crippen LogP contribution in [0.15, 0.2) is 48.6 Å². The van der Waals surface area contributed by atoms with E-state index >= 15 is 0 Å². The number of aliphatic carboxylic acids is 1. The number of aliphatic hydroxyl groups excluding tert-OH is 1. The number of carbonyl (C=O) groups is 3. The number of hydrogen-bond acceptors (Lipinski definition) is 10. The number of ketones is 1. The molecule has 0 aliphatic heterocycles. The largest absolute Gasteiger partial charge is 0.504 e. The number of methoxy groups -OCH3 is 1. The number of aliphatic hydroxyl groups is 2. The Morgan fingerprint density at radius 3 is 2.18 bits per heavy atom. The van der Waals surface area contributed by atoms with E-state index in [0.717, 1.165) is 12.2 Å². The smallest absolute Gasteiger partial charge is 0.335 e. The first kappa shape index (κ1) is 28.2. The molecule has 0 unspecified atom stereocenters. The van der Waals surface area contributed by atoms with Crippen LogP contribution in [0, 0.1) is 5.92 Å². The van der Waals surface area contributed by atoms with Crippen LogP contribution in [-0.4, -0.2) is 73.3 Å². The van der Waals surface area contributed by atoms with Gasteiger partial charge in [-0.15, -0.1) is 0 Å². The number of esters is 1. The van der Waals surface area contributed by atoms with Crippen LogP contribution in [0.4, 0.5) is 0 Å².